The van der Waals surface area contributed by atoms with Crippen LogP contribution in [0.5, 0.6) is 0 Å². The molecule has 1 aromatic carbocycles. The fourth-order valence-corrected chi connectivity index (χ4v) is 4.54. The molecular formula is C22H36N2O4S2. The van der Waals surface area contributed by atoms with Crippen LogP contribution in [0, 0.1) is 13.8 Å². The van der Waals surface area contributed by atoms with Gasteiger partial charge in [0.25, 0.3) is 0 Å². The Balaban J connectivity index is 2.32. The maximum absolute atomic E-state index is 11.1. The number of rotatable bonds is 16. The van der Waals surface area contributed by atoms with E-state index in [1.54, 1.807) is 0 Å². The number of methoxy groups -OCH3 is 2. The molecule has 0 aromatic heterocycles. The molecular weight excluding hydrogens is 420 g/mol. The van der Waals surface area contributed by atoms with Gasteiger partial charge in [0.15, 0.2) is 0 Å². The first kappa shape index (κ1) is 26.8. The molecule has 30 heavy (non-hydrogen) atoms. The number of hydrogen-bond acceptors (Lipinski definition) is 8. The zero-order valence-corrected chi connectivity index (χ0v) is 20.3. The van der Waals surface area contributed by atoms with Crippen LogP contribution in [0.1, 0.15) is 35.1 Å². The molecule has 170 valence electrons. The number of nitrogens with one attached hydrogen (secondary N) is 2. The predicted molar refractivity (Wildman–Crippen MR) is 127 cm³/mol. The minimum absolute atomic E-state index is 0.175. The van der Waals surface area contributed by atoms with Gasteiger partial charge < -0.3 is 20.1 Å². The summed E-state index contributed by atoms with van der Waals surface area (Å²) in [6, 6.07) is 4.63. The van der Waals surface area contributed by atoms with Crippen molar-refractivity contribution in [1.29, 1.82) is 0 Å². The lowest BCUT2D eigenvalue weighted by Crippen LogP contribution is -2.21. The fraction of sp³-hybridized carbons (Fsp3) is 0.636. The van der Waals surface area contributed by atoms with E-state index in [1.807, 2.05) is 23.5 Å². The summed E-state index contributed by atoms with van der Waals surface area (Å²) in [6.45, 7) is 7.42. The number of benzene rings is 1. The predicted octanol–water partition coefficient (Wildman–Crippen LogP) is 3.08. The molecule has 0 radical (unpaired) electrons. The molecule has 0 amide bonds. The molecule has 0 aliphatic carbocycles. The van der Waals surface area contributed by atoms with E-state index in [1.165, 1.54) is 36.5 Å². The summed E-state index contributed by atoms with van der Waals surface area (Å²) in [6.07, 6.45) is 0.828. The van der Waals surface area contributed by atoms with Crippen molar-refractivity contribution >= 4 is 35.5 Å². The van der Waals surface area contributed by atoms with Crippen LogP contribution in [-0.2, 0) is 30.6 Å². The van der Waals surface area contributed by atoms with Crippen molar-refractivity contribution in [3.05, 3.63) is 34.4 Å². The average molecular weight is 457 g/mol. The van der Waals surface area contributed by atoms with Crippen LogP contribution in [0.15, 0.2) is 12.1 Å². The highest BCUT2D eigenvalue weighted by Gasteiger charge is 2.07. The minimum Gasteiger partial charge on any atom is -0.469 e. The Labute approximate surface area is 189 Å². The largest absolute Gasteiger partial charge is 0.469 e. The first-order valence-corrected chi connectivity index (χ1v) is 12.6. The highest BCUT2D eigenvalue weighted by atomic mass is 32.2. The van der Waals surface area contributed by atoms with Crippen LogP contribution in [-0.4, -0.2) is 63.8 Å². The van der Waals surface area contributed by atoms with E-state index in [4.69, 9.17) is 0 Å². The van der Waals surface area contributed by atoms with Crippen molar-refractivity contribution in [3.63, 3.8) is 0 Å². The lowest BCUT2D eigenvalue weighted by molar-refractivity contribution is -0.141. The van der Waals surface area contributed by atoms with Gasteiger partial charge in [0.2, 0.25) is 0 Å². The Kier molecular flexibility index (Phi) is 14.7. The van der Waals surface area contributed by atoms with E-state index < -0.39 is 0 Å². The second-order valence-electron chi connectivity index (χ2n) is 6.96. The molecule has 0 aliphatic rings. The Bertz CT molecular complexity index is 601. The third-order valence-corrected chi connectivity index (χ3v) is 6.66. The number of esters is 2. The third kappa shape index (κ3) is 11.8. The van der Waals surface area contributed by atoms with Gasteiger partial charge in [-0.3, -0.25) is 9.59 Å². The summed E-state index contributed by atoms with van der Waals surface area (Å²) in [5.74, 6) is 3.65. The molecule has 2 N–H and O–H groups in total. The van der Waals surface area contributed by atoms with E-state index >= 15 is 0 Å². The van der Waals surface area contributed by atoms with Crippen LogP contribution >= 0.6 is 23.5 Å². The maximum atomic E-state index is 11.1. The van der Waals surface area contributed by atoms with Gasteiger partial charge in [-0.2, -0.15) is 23.5 Å². The van der Waals surface area contributed by atoms with Gasteiger partial charge >= 0.3 is 11.9 Å². The quantitative estimate of drug-likeness (QED) is 0.290. The summed E-state index contributed by atoms with van der Waals surface area (Å²) in [5.41, 5.74) is 5.48. The molecule has 0 heterocycles. The Morgan fingerprint density at radius 3 is 1.53 bits per heavy atom. The second kappa shape index (κ2) is 16.5. The van der Waals surface area contributed by atoms with E-state index in [-0.39, 0.29) is 11.9 Å². The molecule has 0 bridgehead atoms. The topological polar surface area (TPSA) is 76.7 Å². The van der Waals surface area contributed by atoms with E-state index in [0.29, 0.717) is 25.9 Å². The highest BCUT2D eigenvalue weighted by molar-refractivity contribution is 7.98. The van der Waals surface area contributed by atoms with E-state index in [2.05, 4.69) is 46.1 Å². The number of aryl methyl sites for hydroxylation is 2. The van der Waals surface area contributed by atoms with Gasteiger partial charge in [-0.1, -0.05) is 12.1 Å². The normalized spacial score (nSPS) is 10.8. The molecule has 8 heteroatoms. The summed E-state index contributed by atoms with van der Waals surface area (Å²) in [4.78, 5) is 22.2. The van der Waals surface area contributed by atoms with E-state index in [0.717, 1.165) is 36.1 Å². The second-order valence-corrected chi connectivity index (χ2v) is 9.17. The summed E-state index contributed by atoms with van der Waals surface area (Å²) in [7, 11) is 2.83. The summed E-state index contributed by atoms with van der Waals surface area (Å²) >= 11 is 3.82. The monoisotopic (exact) mass is 456 g/mol. The number of ether oxygens (including phenoxy) is 2. The molecule has 0 unspecified atom stereocenters. The average Bonchev–Trinajstić information content (AvgIpc) is 2.74. The minimum atomic E-state index is -0.175. The van der Waals surface area contributed by atoms with Crippen LogP contribution in [0.2, 0.25) is 0 Å². The van der Waals surface area contributed by atoms with Crippen molar-refractivity contribution in [2.75, 3.05) is 51.9 Å². The number of hydrogen-bond donors (Lipinski definition) is 2. The molecule has 0 saturated carbocycles. The molecule has 0 fully saturated rings. The SMILES string of the molecule is COC(=O)CCNCCSCc1cc(C)c(C)cc1CSCCNCCC(=O)OC. The van der Waals surface area contributed by atoms with Gasteiger partial charge in [-0.25, -0.2) is 0 Å². The van der Waals surface area contributed by atoms with Gasteiger partial charge in [0.1, 0.15) is 0 Å². The van der Waals surface area contributed by atoms with Gasteiger partial charge in [-0.05, 0) is 36.1 Å². The molecule has 0 atom stereocenters. The van der Waals surface area contributed by atoms with E-state index in [9.17, 15) is 9.59 Å². The van der Waals surface area contributed by atoms with Crippen LogP contribution < -0.4 is 10.6 Å². The van der Waals surface area contributed by atoms with Crippen molar-refractivity contribution < 1.29 is 19.1 Å². The highest BCUT2D eigenvalue weighted by Crippen LogP contribution is 2.24. The fourth-order valence-electron chi connectivity index (χ4n) is 2.69. The number of thioether (sulfide) groups is 2. The lowest BCUT2D eigenvalue weighted by atomic mass is 10.0. The zero-order valence-electron chi connectivity index (χ0n) is 18.7. The Hall–Kier alpha value is -1.22. The molecule has 0 aliphatic heterocycles. The van der Waals surface area contributed by atoms with Crippen LogP contribution in [0.3, 0.4) is 0 Å². The first-order chi connectivity index (χ1) is 14.5. The van der Waals surface area contributed by atoms with Crippen LogP contribution in [0.25, 0.3) is 0 Å². The van der Waals surface area contributed by atoms with Crippen molar-refractivity contribution in [1.82, 2.24) is 10.6 Å². The molecule has 1 aromatic rings. The number of carbonyl (C=O) groups excluding carboxylic acids is 2. The van der Waals surface area contributed by atoms with Crippen molar-refractivity contribution in [3.8, 4) is 0 Å². The standard InChI is InChI=1S/C22H36N2O4S2/c1-17-13-19(15-29-11-9-23-7-5-21(25)27-3)20(14-18(17)2)16-30-12-10-24-8-6-22(26)28-4/h13-14,23-24H,5-12,15-16H2,1-4H3. The van der Waals surface area contributed by atoms with Crippen LogP contribution in [0.4, 0.5) is 0 Å². The summed E-state index contributed by atoms with van der Waals surface area (Å²) in [5, 5.41) is 6.56. The third-order valence-electron chi connectivity index (χ3n) is 4.64. The van der Waals surface area contributed by atoms with Crippen molar-refractivity contribution in [2.45, 2.75) is 38.2 Å². The smallest absolute Gasteiger partial charge is 0.306 e. The molecule has 0 saturated heterocycles. The molecule has 0 spiro atoms. The lowest BCUT2D eigenvalue weighted by Gasteiger charge is -2.13. The maximum Gasteiger partial charge on any atom is 0.306 e. The van der Waals surface area contributed by atoms with Gasteiger partial charge in [-0.15, -0.1) is 0 Å². The van der Waals surface area contributed by atoms with Crippen molar-refractivity contribution in [2.24, 2.45) is 0 Å². The Morgan fingerprint density at radius 1 is 0.767 bits per heavy atom. The molecule has 6 nitrogen and oxygen atoms in total. The Morgan fingerprint density at radius 2 is 1.17 bits per heavy atom. The molecule has 1 rings (SSSR count). The zero-order chi connectivity index (χ0) is 22.2. The first-order valence-electron chi connectivity index (χ1n) is 10.3. The van der Waals surface area contributed by atoms with Gasteiger partial charge in [0.05, 0.1) is 27.1 Å². The van der Waals surface area contributed by atoms with Gasteiger partial charge in [0, 0.05) is 49.2 Å². The summed E-state index contributed by atoms with van der Waals surface area (Å²) < 4.78 is 9.27. The number of carbonyl (C=O) groups is 2.